The van der Waals surface area contributed by atoms with Crippen molar-refractivity contribution in [3.8, 4) is 11.5 Å². The molecule has 2 aromatic carbocycles. The predicted octanol–water partition coefficient (Wildman–Crippen LogP) is 5.60. The number of hydrogen-bond acceptors (Lipinski definition) is 6. The van der Waals surface area contributed by atoms with Crippen molar-refractivity contribution in [3.63, 3.8) is 0 Å². The average Bonchev–Trinajstić information content (AvgIpc) is 2.89. The molecular weight excluding hydrogens is 522 g/mol. The molecular formula is C32H47N3O6. The van der Waals surface area contributed by atoms with Crippen molar-refractivity contribution in [1.82, 2.24) is 15.5 Å². The second-order valence-corrected chi connectivity index (χ2v) is 11.9. The number of unbranched alkanes of at least 4 members (excludes halogenated alkanes) is 2. The Morgan fingerprint density at radius 3 is 1.95 bits per heavy atom. The van der Waals surface area contributed by atoms with Crippen molar-refractivity contribution >= 4 is 17.9 Å². The van der Waals surface area contributed by atoms with Crippen LogP contribution in [-0.2, 0) is 20.7 Å². The van der Waals surface area contributed by atoms with Crippen LogP contribution in [0, 0.1) is 0 Å². The van der Waals surface area contributed by atoms with Gasteiger partial charge in [0.2, 0.25) is 11.8 Å². The lowest BCUT2D eigenvalue weighted by atomic mass is 9.91. The zero-order valence-electron chi connectivity index (χ0n) is 25.5. The fourth-order valence-corrected chi connectivity index (χ4v) is 4.39. The zero-order chi connectivity index (χ0) is 30.8. The molecule has 226 valence electrons. The Balaban J connectivity index is 2.60. The first-order chi connectivity index (χ1) is 19.2. The summed E-state index contributed by atoms with van der Waals surface area (Å²) in [6.45, 7) is 13.4. The van der Waals surface area contributed by atoms with Gasteiger partial charge in [-0.25, -0.2) is 4.79 Å². The second kappa shape index (κ2) is 14.8. The van der Waals surface area contributed by atoms with Crippen LogP contribution >= 0.6 is 0 Å². The normalized spacial score (nSPS) is 13.1. The van der Waals surface area contributed by atoms with Crippen LogP contribution < -0.4 is 10.6 Å². The second-order valence-electron chi connectivity index (χ2n) is 11.9. The zero-order valence-corrected chi connectivity index (χ0v) is 25.5. The Hall–Kier alpha value is -3.75. The summed E-state index contributed by atoms with van der Waals surface area (Å²) in [4.78, 5) is 42.8. The Morgan fingerprint density at radius 2 is 1.44 bits per heavy atom. The van der Waals surface area contributed by atoms with E-state index in [0.29, 0.717) is 24.1 Å². The van der Waals surface area contributed by atoms with Crippen molar-refractivity contribution in [2.45, 2.75) is 104 Å². The number of phenols is 2. The first kappa shape index (κ1) is 33.5. The van der Waals surface area contributed by atoms with Crippen LogP contribution in [0.3, 0.4) is 0 Å². The lowest BCUT2D eigenvalue weighted by Gasteiger charge is -2.44. The van der Waals surface area contributed by atoms with Gasteiger partial charge < -0.3 is 30.5 Å². The molecule has 0 bridgehead atoms. The molecule has 4 N–H and O–H groups in total. The predicted molar refractivity (Wildman–Crippen MR) is 160 cm³/mol. The number of rotatable bonds is 13. The number of carbonyl (C=O) groups excluding carboxylic acids is 3. The van der Waals surface area contributed by atoms with Crippen LogP contribution in [0.4, 0.5) is 4.79 Å². The number of benzene rings is 2. The molecule has 0 spiro atoms. The van der Waals surface area contributed by atoms with E-state index in [1.54, 1.807) is 45.0 Å². The van der Waals surface area contributed by atoms with Crippen LogP contribution in [-0.4, -0.2) is 56.7 Å². The molecule has 0 aromatic heterocycles. The quantitative estimate of drug-likeness (QED) is 0.233. The minimum Gasteiger partial charge on any atom is -0.508 e. The van der Waals surface area contributed by atoms with E-state index in [-0.39, 0.29) is 23.8 Å². The topological polar surface area (TPSA) is 128 Å². The van der Waals surface area contributed by atoms with Crippen LogP contribution in [0.15, 0.2) is 48.5 Å². The first-order valence-electron chi connectivity index (χ1n) is 14.4. The van der Waals surface area contributed by atoms with Crippen LogP contribution in [0.5, 0.6) is 11.5 Å². The van der Waals surface area contributed by atoms with Gasteiger partial charge in [0.15, 0.2) is 0 Å². The summed E-state index contributed by atoms with van der Waals surface area (Å²) >= 11 is 0. The highest BCUT2D eigenvalue weighted by Gasteiger charge is 2.43. The van der Waals surface area contributed by atoms with E-state index in [1.165, 1.54) is 29.2 Å². The molecule has 2 unspecified atom stereocenters. The fourth-order valence-electron chi connectivity index (χ4n) is 4.39. The Labute approximate surface area is 244 Å². The van der Waals surface area contributed by atoms with Gasteiger partial charge in [0.1, 0.15) is 29.2 Å². The van der Waals surface area contributed by atoms with Crippen molar-refractivity contribution in [1.29, 1.82) is 0 Å². The van der Waals surface area contributed by atoms with Gasteiger partial charge in [-0.15, -0.1) is 0 Å². The van der Waals surface area contributed by atoms with E-state index in [1.807, 2.05) is 20.8 Å². The van der Waals surface area contributed by atoms with Crippen LogP contribution in [0.2, 0.25) is 0 Å². The molecule has 2 atom stereocenters. The monoisotopic (exact) mass is 569 g/mol. The standard InChI is InChI=1S/C32H47N3O6/c1-8-10-11-20-33-28(38)27(23-14-18-25(37)19-15-23)35(32(6,7)9-2)29(39)26(34-30(40)41-31(3,4)5)21-22-12-16-24(36)17-13-22/h12-19,26-27,36-37H,8-11,20-21H2,1-7H3,(H,33,38)(H,34,40). The summed E-state index contributed by atoms with van der Waals surface area (Å²) in [6, 6.07) is 10.5. The fraction of sp³-hybridized carbons (Fsp3) is 0.531. The maximum Gasteiger partial charge on any atom is 0.408 e. The third-order valence-electron chi connectivity index (χ3n) is 6.91. The minimum absolute atomic E-state index is 0.0419. The Kier molecular flexibility index (Phi) is 12.0. The number of alkyl carbamates (subject to hydrolysis) is 1. The maximum absolute atomic E-state index is 14.6. The highest BCUT2D eigenvalue weighted by Crippen LogP contribution is 2.33. The van der Waals surface area contributed by atoms with Crippen LogP contribution in [0.25, 0.3) is 0 Å². The lowest BCUT2D eigenvalue weighted by Crippen LogP contribution is -2.59. The van der Waals surface area contributed by atoms with E-state index in [0.717, 1.165) is 19.3 Å². The lowest BCUT2D eigenvalue weighted by molar-refractivity contribution is -0.149. The summed E-state index contributed by atoms with van der Waals surface area (Å²) in [5, 5.41) is 25.4. The molecule has 0 radical (unpaired) electrons. The molecule has 9 nitrogen and oxygen atoms in total. The van der Waals surface area contributed by atoms with Gasteiger partial charge in [0.05, 0.1) is 0 Å². The van der Waals surface area contributed by atoms with E-state index < -0.39 is 35.2 Å². The van der Waals surface area contributed by atoms with Gasteiger partial charge in [-0.05, 0) is 82.9 Å². The maximum atomic E-state index is 14.6. The molecule has 0 fully saturated rings. The molecule has 0 aliphatic heterocycles. The summed E-state index contributed by atoms with van der Waals surface area (Å²) in [7, 11) is 0. The highest BCUT2D eigenvalue weighted by atomic mass is 16.6. The van der Waals surface area contributed by atoms with Gasteiger partial charge in [-0.3, -0.25) is 9.59 Å². The molecule has 0 aliphatic carbocycles. The molecule has 9 heteroatoms. The third kappa shape index (κ3) is 10.3. The van der Waals surface area contributed by atoms with E-state index >= 15 is 0 Å². The summed E-state index contributed by atoms with van der Waals surface area (Å²) in [5.74, 6) is -0.683. The van der Waals surface area contributed by atoms with Gasteiger partial charge in [0, 0.05) is 18.5 Å². The number of hydrogen-bond donors (Lipinski definition) is 4. The molecule has 2 aromatic rings. The smallest absolute Gasteiger partial charge is 0.408 e. The molecule has 41 heavy (non-hydrogen) atoms. The summed E-state index contributed by atoms with van der Waals surface area (Å²) < 4.78 is 5.48. The average molecular weight is 570 g/mol. The molecule has 0 aliphatic rings. The molecule has 3 amide bonds. The Bertz CT molecular complexity index is 1140. The third-order valence-corrected chi connectivity index (χ3v) is 6.91. The molecule has 0 heterocycles. The van der Waals surface area contributed by atoms with Crippen molar-refractivity contribution in [2.24, 2.45) is 0 Å². The largest absolute Gasteiger partial charge is 0.508 e. The number of phenolic OH excluding ortho intramolecular Hbond substituents is 2. The van der Waals surface area contributed by atoms with Crippen molar-refractivity contribution in [2.75, 3.05) is 6.54 Å². The number of aromatic hydroxyl groups is 2. The number of carbonyl (C=O) groups is 3. The van der Waals surface area contributed by atoms with E-state index in [4.69, 9.17) is 4.74 Å². The van der Waals surface area contributed by atoms with Gasteiger partial charge in [-0.2, -0.15) is 0 Å². The van der Waals surface area contributed by atoms with E-state index in [2.05, 4.69) is 17.6 Å². The first-order valence-corrected chi connectivity index (χ1v) is 14.4. The number of amides is 3. The van der Waals surface area contributed by atoms with Crippen LogP contribution in [0.1, 0.15) is 91.3 Å². The number of nitrogens with one attached hydrogen (secondary N) is 2. The minimum atomic E-state index is -1.08. The SMILES string of the molecule is CCCCCNC(=O)C(c1ccc(O)cc1)N(C(=O)C(Cc1ccc(O)cc1)NC(=O)OC(C)(C)C)C(C)(C)CC. The number of ether oxygens (including phenoxy) is 1. The molecule has 0 saturated carbocycles. The molecule has 2 rings (SSSR count). The summed E-state index contributed by atoms with van der Waals surface area (Å²) in [6.07, 6.45) is 2.64. The number of nitrogens with zero attached hydrogens (tertiary/aromatic N) is 1. The van der Waals surface area contributed by atoms with E-state index in [9.17, 15) is 24.6 Å². The summed E-state index contributed by atoms with van der Waals surface area (Å²) in [5.41, 5.74) is -0.350. The highest BCUT2D eigenvalue weighted by molar-refractivity contribution is 5.93. The molecule has 0 saturated heterocycles. The van der Waals surface area contributed by atoms with Gasteiger partial charge in [-0.1, -0.05) is 51.0 Å². The van der Waals surface area contributed by atoms with Crippen molar-refractivity contribution in [3.05, 3.63) is 59.7 Å². The van der Waals surface area contributed by atoms with Gasteiger partial charge in [0.25, 0.3) is 0 Å². The van der Waals surface area contributed by atoms with Gasteiger partial charge >= 0.3 is 6.09 Å². The van der Waals surface area contributed by atoms with Crippen molar-refractivity contribution < 1.29 is 29.3 Å². The Morgan fingerprint density at radius 1 is 0.878 bits per heavy atom.